The van der Waals surface area contributed by atoms with Gasteiger partial charge in [-0.15, -0.1) is 0 Å². The molecular formula is C13H12O4S. The first-order chi connectivity index (χ1) is 8.54. The Labute approximate surface area is 109 Å². The largest absolute Gasteiger partial charge is 0.497 e. The first kappa shape index (κ1) is 14.1. The Morgan fingerprint density at radius 2 is 2.17 bits per heavy atom. The van der Waals surface area contributed by atoms with Crippen LogP contribution in [0.4, 0.5) is 0 Å². The lowest BCUT2D eigenvalue weighted by molar-refractivity contribution is -0.109. The highest BCUT2D eigenvalue weighted by Gasteiger charge is 2.09. The van der Waals surface area contributed by atoms with Crippen LogP contribution in [0.5, 0.6) is 5.75 Å². The molecule has 1 aromatic rings. The molecule has 5 heteroatoms. The second-order valence-corrected chi connectivity index (χ2v) is 4.45. The average molecular weight is 264 g/mol. The number of methoxy groups -OCH3 is 1. The van der Waals surface area contributed by atoms with E-state index in [9.17, 15) is 9.59 Å². The van der Waals surface area contributed by atoms with Crippen LogP contribution in [0.1, 0.15) is 22.8 Å². The summed E-state index contributed by atoms with van der Waals surface area (Å²) < 4.78 is 5.01. The summed E-state index contributed by atoms with van der Waals surface area (Å²) in [7, 11) is 1.50. The number of rotatable bonds is 3. The number of carbonyl (C=O) groups excluding carboxylic acids is 1. The molecule has 0 aliphatic heterocycles. The number of carbonyl (C=O) groups is 2. The summed E-state index contributed by atoms with van der Waals surface area (Å²) in [5, 5.41) is 8.99. The fraction of sp³-hybridized carbons (Fsp3) is 0.231. The number of benzene rings is 1. The molecule has 0 bridgehead atoms. The highest BCUT2D eigenvalue weighted by atomic mass is 32.2. The molecule has 0 unspecified atom stereocenters. The van der Waals surface area contributed by atoms with Crippen LogP contribution in [0.25, 0.3) is 0 Å². The van der Waals surface area contributed by atoms with E-state index in [0.717, 1.165) is 11.8 Å². The van der Waals surface area contributed by atoms with Crippen LogP contribution in [0.15, 0.2) is 18.2 Å². The van der Waals surface area contributed by atoms with Crippen LogP contribution in [0.3, 0.4) is 0 Å². The van der Waals surface area contributed by atoms with Gasteiger partial charge in [0.1, 0.15) is 5.75 Å². The second kappa shape index (κ2) is 6.72. The van der Waals surface area contributed by atoms with Crippen molar-refractivity contribution in [2.24, 2.45) is 0 Å². The molecule has 0 heterocycles. The van der Waals surface area contributed by atoms with E-state index in [1.165, 1.54) is 20.1 Å². The van der Waals surface area contributed by atoms with Gasteiger partial charge >= 0.3 is 5.97 Å². The van der Waals surface area contributed by atoms with Crippen molar-refractivity contribution in [1.29, 1.82) is 0 Å². The summed E-state index contributed by atoms with van der Waals surface area (Å²) in [6, 6.07) is 4.58. The van der Waals surface area contributed by atoms with Crippen LogP contribution in [0, 0.1) is 11.8 Å². The normalized spacial score (nSPS) is 9.22. The molecule has 94 valence electrons. The van der Waals surface area contributed by atoms with Crippen molar-refractivity contribution < 1.29 is 19.4 Å². The molecule has 1 N–H and O–H groups in total. The Balaban J connectivity index is 2.97. The van der Waals surface area contributed by atoms with Gasteiger partial charge in [0.25, 0.3) is 0 Å². The van der Waals surface area contributed by atoms with Crippen molar-refractivity contribution in [1.82, 2.24) is 0 Å². The van der Waals surface area contributed by atoms with Crippen molar-refractivity contribution in [2.75, 3.05) is 12.9 Å². The predicted octanol–water partition coefficient (Wildman–Crippen LogP) is 2.02. The minimum Gasteiger partial charge on any atom is -0.497 e. The van der Waals surface area contributed by atoms with Gasteiger partial charge in [-0.25, -0.2) is 4.79 Å². The van der Waals surface area contributed by atoms with E-state index in [1.807, 2.05) is 0 Å². The molecule has 0 aromatic heterocycles. The zero-order valence-electron chi connectivity index (χ0n) is 10.0. The highest BCUT2D eigenvalue weighted by Crippen LogP contribution is 2.17. The zero-order valence-corrected chi connectivity index (χ0v) is 10.8. The van der Waals surface area contributed by atoms with Crippen molar-refractivity contribution in [2.45, 2.75) is 6.92 Å². The van der Waals surface area contributed by atoms with E-state index in [1.54, 1.807) is 12.1 Å². The van der Waals surface area contributed by atoms with E-state index >= 15 is 0 Å². The molecule has 4 nitrogen and oxygen atoms in total. The second-order valence-electron chi connectivity index (χ2n) is 3.30. The van der Waals surface area contributed by atoms with Crippen LogP contribution < -0.4 is 4.74 Å². The maximum absolute atomic E-state index is 11.0. The van der Waals surface area contributed by atoms with Crippen LogP contribution in [0.2, 0.25) is 0 Å². The third-order valence-corrected chi connectivity index (χ3v) is 2.72. The van der Waals surface area contributed by atoms with E-state index in [0.29, 0.717) is 17.1 Å². The number of hydrogen-bond acceptors (Lipinski definition) is 4. The van der Waals surface area contributed by atoms with E-state index in [2.05, 4.69) is 11.8 Å². The molecule has 0 atom stereocenters. The zero-order chi connectivity index (χ0) is 13.5. The molecule has 0 fully saturated rings. The molecule has 0 saturated heterocycles. The van der Waals surface area contributed by atoms with E-state index in [-0.39, 0.29) is 10.7 Å². The van der Waals surface area contributed by atoms with E-state index < -0.39 is 5.97 Å². The molecule has 18 heavy (non-hydrogen) atoms. The van der Waals surface area contributed by atoms with Gasteiger partial charge in [0.05, 0.1) is 18.4 Å². The molecule has 0 amide bonds. The third-order valence-electron chi connectivity index (χ3n) is 2.03. The van der Waals surface area contributed by atoms with Gasteiger partial charge in [-0.2, -0.15) is 0 Å². The molecule has 0 aliphatic rings. The summed E-state index contributed by atoms with van der Waals surface area (Å²) in [6.45, 7) is 1.46. The highest BCUT2D eigenvalue weighted by molar-refractivity contribution is 8.13. The maximum atomic E-state index is 11.0. The van der Waals surface area contributed by atoms with Gasteiger partial charge in [0.15, 0.2) is 5.12 Å². The lowest BCUT2D eigenvalue weighted by Crippen LogP contribution is -2.00. The Bertz CT molecular complexity index is 526. The summed E-state index contributed by atoms with van der Waals surface area (Å²) in [5.41, 5.74) is 0.502. The number of hydrogen-bond donors (Lipinski definition) is 1. The van der Waals surface area contributed by atoms with Gasteiger partial charge in [0.2, 0.25) is 0 Å². The summed E-state index contributed by atoms with van der Waals surface area (Å²) in [4.78, 5) is 21.7. The van der Waals surface area contributed by atoms with Gasteiger partial charge in [0, 0.05) is 12.5 Å². The first-order valence-electron chi connectivity index (χ1n) is 5.08. The lowest BCUT2D eigenvalue weighted by atomic mass is 10.1. The third kappa shape index (κ3) is 4.15. The molecule has 1 aromatic carbocycles. The molecule has 1 rings (SSSR count). The average Bonchev–Trinajstić information content (AvgIpc) is 2.33. The standard InChI is InChI=1S/C13H12O4S/c1-9(14)18-7-3-4-10-8-11(17-2)5-6-12(10)13(15)16/h5-6,8H,7H2,1-2H3,(H,15,16). The molecule has 0 aliphatic carbocycles. The van der Waals surface area contributed by atoms with Crippen molar-refractivity contribution in [3.05, 3.63) is 29.3 Å². The Hall–Kier alpha value is -1.93. The molecule has 0 saturated carbocycles. The smallest absolute Gasteiger partial charge is 0.336 e. The van der Waals surface area contributed by atoms with Gasteiger partial charge in [-0.05, 0) is 18.2 Å². The number of thioether (sulfide) groups is 1. The number of carboxylic acid groups (broad SMARTS) is 1. The summed E-state index contributed by atoms with van der Waals surface area (Å²) in [5.74, 6) is 5.34. The Morgan fingerprint density at radius 1 is 1.44 bits per heavy atom. The SMILES string of the molecule is COc1ccc(C(=O)O)c(C#CCSC(C)=O)c1. The van der Waals surface area contributed by atoms with Crippen LogP contribution in [-0.4, -0.2) is 29.1 Å². The maximum Gasteiger partial charge on any atom is 0.336 e. The molecular weight excluding hydrogens is 252 g/mol. The van der Waals surface area contributed by atoms with Gasteiger partial charge in [-0.3, -0.25) is 4.79 Å². The molecule has 0 spiro atoms. The van der Waals surface area contributed by atoms with Gasteiger partial charge < -0.3 is 9.84 Å². The minimum atomic E-state index is -1.04. The fourth-order valence-corrected chi connectivity index (χ4v) is 1.56. The van der Waals surface area contributed by atoms with Crippen molar-refractivity contribution in [3.8, 4) is 17.6 Å². The topological polar surface area (TPSA) is 63.6 Å². The number of ether oxygens (including phenoxy) is 1. The van der Waals surface area contributed by atoms with Crippen molar-refractivity contribution in [3.63, 3.8) is 0 Å². The van der Waals surface area contributed by atoms with Gasteiger partial charge in [-0.1, -0.05) is 23.6 Å². The lowest BCUT2D eigenvalue weighted by Gasteiger charge is -2.03. The number of carboxylic acids is 1. The Morgan fingerprint density at radius 3 is 2.72 bits per heavy atom. The number of aromatic carboxylic acids is 1. The quantitative estimate of drug-likeness (QED) is 0.846. The van der Waals surface area contributed by atoms with E-state index in [4.69, 9.17) is 9.84 Å². The van der Waals surface area contributed by atoms with Crippen molar-refractivity contribution >= 4 is 22.8 Å². The Kier molecular flexibility index (Phi) is 5.28. The molecule has 0 radical (unpaired) electrons. The monoisotopic (exact) mass is 264 g/mol. The predicted molar refractivity (Wildman–Crippen MR) is 70.0 cm³/mol. The van der Waals surface area contributed by atoms with Crippen LogP contribution >= 0.6 is 11.8 Å². The minimum absolute atomic E-state index is 0.0200. The first-order valence-corrected chi connectivity index (χ1v) is 6.06. The summed E-state index contributed by atoms with van der Waals surface area (Å²) in [6.07, 6.45) is 0. The fourth-order valence-electron chi connectivity index (χ4n) is 1.21. The van der Waals surface area contributed by atoms with Crippen LogP contribution in [-0.2, 0) is 4.79 Å². The summed E-state index contributed by atoms with van der Waals surface area (Å²) >= 11 is 1.08.